The maximum atomic E-state index is 12.6. The highest BCUT2D eigenvalue weighted by Gasteiger charge is 2.42. The molecule has 2 aliphatic rings. The average molecular weight is 367 g/mol. The molecule has 0 radical (unpaired) electrons. The molecular formula is C17H19ClN2O5. The van der Waals surface area contributed by atoms with E-state index in [1.165, 1.54) is 0 Å². The maximum Gasteiger partial charge on any atom is 0.305 e. The molecule has 2 heterocycles. The molecule has 0 bridgehead atoms. The van der Waals surface area contributed by atoms with E-state index in [0.29, 0.717) is 23.7 Å². The van der Waals surface area contributed by atoms with Crippen LogP contribution in [0.3, 0.4) is 0 Å². The number of carboxylic acid groups (broad SMARTS) is 1. The zero-order chi connectivity index (χ0) is 18.0. The van der Waals surface area contributed by atoms with Crippen LogP contribution >= 0.6 is 11.6 Å². The number of rotatable bonds is 5. The molecule has 1 aromatic rings. The summed E-state index contributed by atoms with van der Waals surface area (Å²) in [6, 6.07) is 6.85. The van der Waals surface area contributed by atoms with Crippen molar-refractivity contribution < 1.29 is 24.2 Å². The molecule has 2 unspecified atom stereocenters. The Bertz CT molecular complexity index is 685. The number of carbonyl (C=O) groups excluding carboxylic acids is 2. The first kappa shape index (κ1) is 17.7. The van der Waals surface area contributed by atoms with E-state index in [4.69, 9.17) is 21.4 Å². The van der Waals surface area contributed by atoms with Crippen molar-refractivity contribution in [3.05, 3.63) is 29.3 Å². The molecule has 2 amide bonds. The van der Waals surface area contributed by atoms with Gasteiger partial charge in [-0.05, 0) is 30.7 Å². The number of hydrogen-bond acceptors (Lipinski definition) is 4. The van der Waals surface area contributed by atoms with Gasteiger partial charge in [0.2, 0.25) is 11.8 Å². The molecule has 2 N–H and O–H groups in total. The van der Waals surface area contributed by atoms with Crippen LogP contribution in [0.25, 0.3) is 0 Å². The molecule has 0 aromatic heterocycles. The van der Waals surface area contributed by atoms with Gasteiger partial charge >= 0.3 is 5.97 Å². The van der Waals surface area contributed by atoms with Crippen LogP contribution in [0.1, 0.15) is 19.3 Å². The summed E-state index contributed by atoms with van der Waals surface area (Å²) in [4.78, 5) is 37.5. The number of carboxylic acids is 1. The van der Waals surface area contributed by atoms with E-state index in [2.05, 4.69) is 5.32 Å². The van der Waals surface area contributed by atoms with Crippen LogP contribution in [0.15, 0.2) is 24.3 Å². The minimum absolute atomic E-state index is 0.0957. The van der Waals surface area contributed by atoms with Crippen LogP contribution in [-0.4, -0.2) is 48.2 Å². The van der Waals surface area contributed by atoms with Crippen LogP contribution in [0.5, 0.6) is 0 Å². The first-order chi connectivity index (χ1) is 11.9. The highest BCUT2D eigenvalue weighted by molar-refractivity contribution is 6.30. The Morgan fingerprint density at radius 3 is 2.68 bits per heavy atom. The number of hydrogen-bond donors (Lipinski definition) is 2. The van der Waals surface area contributed by atoms with Gasteiger partial charge in [0.1, 0.15) is 0 Å². The lowest BCUT2D eigenvalue weighted by Crippen LogP contribution is -2.52. The summed E-state index contributed by atoms with van der Waals surface area (Å²) in [5, 5.41) is 12.5. The average Bonchev–Trinajstić information content (AvgIpc) is 3.14. The third kappa shape index (κ3) is 3.93. The van der Waals surface area contributed by atoms with Gasteiger partial charge in [-0.2, -0.15) is 0 Å². The summed E-state index contributed by atoms with van der Waals surface area (Å²) in [5.41, 5.74) is -0.200. The van der Waals surface area contributed by atoms with Crippen molar-refractivity contribution in [2.75, 3.05) is 24.7 Å². The minimum Gasteiger partial charge on any atom is -0.481 e. The van der Waals surface area contributed by atoms with E-state index in [1.54, 1.807) is 29.2 Å². The summed E-state index contributed by atoms with van der Waals surface area (Å²) >= 11 is 5.86. The second kappa shape index (κ2) is 7.01. The van der Waals surface area contributed by atoms with Gasteiger partial charge in [-0.1, -0.05) is 11.6 Å². The second-order valence-corrected chi connectivity index (χ2v) is 6.96. The molecule has 2 fully saturated rings. The molecule has 0 spiro atoms. The van der Waals surface area contributed by atoms with E-state index >= 15 is 0 Å². The topological polar surface area (TPSA) is 95.9 Å². The fraction of sp³-hybridized carbons (Fsp3) is 0.471. The molecule has 2 atom stereocenters. The number of nitrogens with one attached hydrogen (secondary N) is 1. The zero-order valence-electron chi connectivity index (χ0n) is 13.5. The first-order valence-electron chi connectivity index (χ1n) is 8.06. The largest absolute Gasteiger partial charge is 0.481 e. The van der Waals surface area contributed by atoms with Crippen molar-refractivity contribution in [1.82, 2.24) is 5.32 Å². The highest BCUT2D eigenvalue weighted by Crippen LogP contribution is 2.28. The number of nitrogens with zero attached hydrogens (tertiary/aromatic N) is 1. The smallest absolute Gasteiger partial charge is 0.305 e. The summed E-state index contributed by atoms with van der Waals surface area (Å²) in [7, 11) is 0. The normalized spacial score (nSPS) is 26.0. The van der Waals surface area contributed by atoms with E-state index in [0.717, 1.165) is 0 Å². The lowest BCUT2D eigenvalue weighted by molar-refractivity contribution is -0.139. The monoisotopic (exact) mass is 366 g/mol. The zero-order valence-corrected chi connectivity index (χ0v) is 14.3. The van der Waals surface area contributed by atoms with Crippen LogP contribution in [-0.2, 0) is 19.1 Å². The SMILES string of the molecule is O=C(O)CC1(NC(=O)C2CC(=O)N(c3ccc(Cl)cc3)C2)CCOC1. The third-order valence-electron chi connectivity index (χ3n) is 4.62. The van der Waals surface area contributed by atoms with E-state index in [1.807, 2.05) is 0 Å². The van der Waals surface area contributed by atoms with Crippen molar-refractivity contribution >= 4 is 35.1 Å². The van der Waals surface area contributed by atoms with Crippen LogP contribution in [0.2, 0.25) is 5.02 Å². The van der Waals surface area contributed by atoms with Gasteiger partial charge in [-0.25, -0.2) is 0 Å². The van der Waals surface area contributed by atoms with Gasteiger partial charge in [0.15, 0.2) is 0 Å². The second-order valence-electron chi connectivity index (χ2n) is 6.52. The lowest BCUT2D eigenvalue weighted by Gasteiger charge is -2.28. The maximum absolute atomic E-state index is 12.6. The lowest BCUT2D eigenvalue weighted by atomic mass is 9.93. The number of carbonyl (C=O) groups is 3. The Labute approximate surface area is 149 Å². The summed E-state index contributed by atoms with van der Waals surface area (Å²) in [6.07, 6.45) is 0.353. The predicted molar refractivity (Wildman–Crippen MR) is 90.5 cm³/mol. The molecule has 7 nitrogen and oxygen atoms in total. The van der Waals surface area contributed by atoms with Gasteiger partial charge in [0.05, 0.1) is 24.5 Å². The van der Waals surface area contributed by atoms with Crippen LogP contribution < -0.4 is 10.2 Å². The molecule has 0 aliphatic carbocycles. The molecule has 8 heteroatoms. The molecule has 134 valence electrons. The van der Waals surface area contributed by atoms with E-state index in [-0.39, 0.29) is 37.8 Å². The van der Waals surface area contributed by atoms with Crippen molar-refractivity contribution in [2.45, 2.75) is 24.8 Å². The predicted octanol–water partition coefficient (Wildman–Crippen LogP) is 1.44. The Morgan fingerprint density at radius 1 is 1.36 bits per heavy atom. The fourth-order valence-electron chi connectivity index (χ4n) is 3.30. The number of anilines is 1. The van der Waals surface area contributed by atoms with E-state index < -0.39 is 17.4 Å². The quantitative estimate of drug-likeness (QED) is 0.822. The molecule has 25 heavy (non-hydrogen) atoms. The van der Waals surface area contributed by atoms with Gasteiger partial charge in [-0.3, -0.25) is 14.4 Å². The number of halogens is 1. The van der Waals surface area contributed by atoms with Crippen molar-refractivity contribution in [3.8, 4) is 0 Å². The third-order valence-corrected chi connectivity index (χ3v) is 4.87. The number of amides is 2. The Morgan fingerprint density at radius 2 is 2.08 bits per heavy atom. The molecular weight excluding hydrogens is 348 g/mol. The summed E-state index contributed by atoms with van der Waals surface area (Å²) < 4.78 is 5.28. The molecule has 3 rings (SSSR count). The standard InChI is InChI=1S/C17H19ClN2O5/c18-12-1-3-13(4-2-12)20-9-11(7-14(20)21)16(24)19-17(8-15(22)23)5-6-25-10-17/h1-4,11H,5-10H2,(H,19,24)(H,22,23). The molecule has 1 aromatic carbocycles. The van der Waals surface area contributed by atoms with Crippen molar-refractivity contribution in [3.63, 3.8) is 0 Å². The van der Waals surface area contributed by atoms with Gasteiger partial charge in [-0.15, -0.1) is 0 Å². The van der Waals surface area contributed by atoms with Gasteiger partial charge in [0.25, 0.3) is 0 Å². The van der Waals surface area contributed by atoms with Gasteiger partial charge < -0.3 is 20.1 Å². The molecule has 2 saturated heterocycles. The molecule has 2 aliphatic heterocycles. The van der Waals surface area contributed by atoms with E-state index in [9.17, 15) is 14.4 Å². The number of benzene rings is 1. The Kier molecular flexibility index (Phi) is 4.96. The first-order valence-corrected chi connectivity index (χ1v) is 8.44. The summed E-state index contributed by atoms with van der Waals surface area (Å²) in [5.74, 6) is -1.96. The minimum atomic E-state index is -0.990. The summed E-state index contributed by atoms with van der Waals surface area (Å²) in [6.45, 7) is 0.844. The van der Waals surface area contributed by atoms with Crippen molar-refractivity contribution in [1.29, 1.82) is 0 Å². The molecule has 0 saturated carbocycles. The highest BCUT2D eigenvalue weighted by atomic mass is 35.5. The fourth-order valence-corrected chi connectivity index (χ4v) is 3.42. The van der Waals surface area contributed by atoms with Gasteiger partial charge in [0, 0.05) is 30.3 Å². The number of aliphatic carboxylic acids is 1. The Hall–Kier alpha value is -2.12. The number of ether oxygens (including phenoxy) is 1. The Balaban J connectivity index is 1.68. The van der Waals surface area contributed by atoms with Crippen molar-refractivity contribution in [2.24, 2.45) is 5.92 Å². The van der Waals surface area contributed by atoms with Crippen LogP contribution in [0, 0.1) is 5.92 Å². The van der Waals surface area contributed by atoms with Crippen LogP contribution in [0.4, 0.5) is 5.69 Å².